The van der Waals surface area contributed by atoms with E-state index in [-0.39, 0.29) is 12.1 Å². The van der Waals surface area contributed by atoms with Crippen molar-refractivity contribution in [3.05, 3.63) is 53.7 Å². The van der Waals surface area contributed by atoms with Crippen LogP contribution in [0.15, 0.2) is 45.4 Å². The number of rotatable bonds is 5. The summed E-state index contributed by atoms with van der Waals surface area (Å²) in [6.07, 6.45) is 4.02. The van der Waals surface area contributed by atoms with Gasteiger partial charge >= 0.3 is 6.03 Å². The first-order chi connectivity index (χ1) is 13.8. The zero-order valence-electron chi connectivity index (χ0n) is 15.4. The van der Waals surface area contributed by atoms with Crippen LogP contribution in [-0.2, 0) is 6.54 Å². The Balaban J connectivity index is 1.24. The van der Waals surface area contributed by atoms with E-state index in [9.17, 15) is 4.79 Å². The first kappa shape index (κ1) is 17.0. The minimum atomic E-state index is -0.204. The summed E-state index contributed by atoms with van der Waals surface area (Å²) >= 11 is 0. The van der Waals surface area contributed by atoms with Crippen LogP contribution in [0.3, 0.4) is 0 Å². The molecule has 3 aromatic rings. The topological polar surface area (TPSA) is 97.3 Å². The number of nitrogens with zero attached hydrogens (tertiary/aromatic N) is 4. The summed E-state index contributed by atoms with van der Waals surface area (Å²) < 4.78 is 10.8. The lowest BCUT2D eigenvalue weighted by Gasteiger charge is -2.21. The Hall–Kier alpha value is -3.16. The summed E-state index contributed by atoms with van der Waals surface area (Å²) in [5.41, 5.74) is 1.64. The lowest BCUT2D eigenvalue weighted by atomic mass is 10.2. The number of benzene rings is 1. The summed E-state index contributed by atoms with van der Waals surface area (Å²) in [6, 6.07) is 11.2. The molecule has 3 heterocycles. The van der Waals surface area contributed by atoms with Gasteiger partial charge in [0.25, 0.3) is 0 Å². The van der Waals surface area contributed by atoms with Crippen molar-refractivity contribution in [1.82, 2.24) is 25.5 Å². The first-order valence-electron chi connectivity index (χ1n) is 9.67. The maximum absolute atomic E-state index is 12.7. The first-order valence-corrected chi connectivity index (χ1v) is 9.67. The lowest BCUT2D eigenvalue weighted by Crippen LogP contribution is -2.39. The van der Waals surface area contributed by atoms with Crippen molar-refractivity contribution in [2.45, 2.75) is 44.2 Å². The Labute approximate surface area is 161 Å². The Morgan fingerprint density at radius 2 is 2.00 bits per heavy atom. The molecule has 1 atom stereocenters. The van der Waals surface area contributed by atoms with Gasteiger partial charge in [0.2, 0.25) is 11.7 Å². The number of carbonyl (C=O) groups is 1. The molecule has 1 aromatic carbocycles. The smallest absolute Gasteiger partial charge is 0.318 e. The predicted octanol–water partition coefficient (Wildman–Crippen LogP) is 3.65. The van der Waals surface area contributed by atoms with Crippen molar-refractivity contribution in [3.63, 3.8) is 0 Å². The molecule has 5 rings (SSSR count). The molecule has 1 N–H and O–H groups in total. The highest BCUT2D eigenvalue weighted by molar-refractivity contribution is 5.75. The third-order valence-electron chi connectivity index (χ3n) is 5.25. The molecular formula is C20H21N5O3. The Bertz CT molecular complexity index is 963. The molecule has 1 saturated carbocycles. The second-order valence-electron chi connectivity index (χ2n) is 7.33. The second kappa shape index (κ2) is 7.10. The number of carbonyl (C=O) groups excluding carboxylic acids is 1. The molecule has 2 aromatic heterocycles. The number of hydrogen-bond donors (Lipinski definition) is 1. The summed E-state index contributed by atoms with van der Waals surface area (Å²) in [7, 11) is 0. The Morgan fingerprint density at radius 1 is 1.14 bits per heavy atom. The fourth-order valence-corrected chi connectivity index (χ4v) is 3.58. The van der Waals surface area contributed by atoms with Gasteiger partial charge in [-0.05, 0) is 25.7 Å². The zero-order valence-corrected chi connectivity index (χ0v) is 15.4. The van der Waals surface area contributed by atoms with Gasteiger partial charge in [0.15, 0.2) is 0 Å². The molecule has 28 heavy (non-hydrogen) atoms. The van der Waals surface area contributed by atoms with Crippen LogP contribution in [-0.4, -0.2) is 32.8 Å². The summed E-state index contributed by atoms with van der Waals surface area (Å²) in [5.74, 6) is 2.45. The molecule has 2 amide bonds. The molecule has 144 valence electrons. The van der Waals surface area contributed by atoms with Gasteiger partial charge in [0.1, 0.15) is 17.5 Å². The van der Waals surface area contributed by atoms with Crippen LogP contribution in [0.2, 0.25) is 0 Å². The third-order valence-corrected chi connectivity index (χ3v) is 5.25. The van der Waals surface area contributed by atoms with Crippen molar-refractivity contribution in [3.8, 4) is 11.4 Å². The normalized spacial score (nSPS) is 19.1. The van der Waals surface area contributed by atoms with Crippen molar-refractivity contribution in [1.29, 1.82) is 0 Å². The molecule has 1 aliphatic heterocycles. The van der Waals surface area contributed by atoms with E-state index in [1.165, 1.54) is 0 Å². The Kier molecular flexibility index (Phi) is 4.31. The molecular weight excluding hydrogens is 358 g/mol. The monoisotopic (exact) mass is 379 g/mol. The largest absolute Gasteiger partial charge is 0.361 e. The van der Waals surface area contributed by atoms with Gasteiger partial charge in [-0.1, -0.05) is 40.6 Å². The highest BCUT2D eigenvalue weighted by Gasteiger charge is 2.34. The average Bonchev–Trinajstić information content (AvgIpc) is 3.16. The molecule has 0 unspecified atom stereocenters. The number of hydrogen-bond acceptors (Lipinski definition) is 6. The Morgan fingerprint density at radius 3 is 2.82 bits per heavy atom. The highest BCUT2D eigenvalue weighted by Crippen LogP contribution is 2.40. The zero-order chi connectivity index (χ0) is 18.9. The molecule has 2 aliphatic rings. The predicted molar refractivity (Wildman–Crippen MR) is 99.1 cm³/mol. The van der Waals surface area contributed by atoms with Crippen LogP contribution in [0.5, 0.6) is 0 Å². The van der Waals surface area contributed by atoms with Crippen LogP contribution in [0.25, 0.3) is 11.4 Å². The number of nitrogens with one attached hydrogen (secondary N) is 1. The lowest BCUT2D eigenvalue weighted by molar-refractivity contribution is 0.179. The maximum Gasteiger partial charge on any atom is 0.318 e. The van der Waals surface area contributed by atoms with Crippen molar-refractivity contribution >= 4 is 6.03 Å². The number of urea groups is 1. The van der Waals surface area contributed by atoms with Gasteiger partial charge in [-0.15, -0.1) is 0 Å². The van der Waals surface area contributed by atoms with E-state index in [4.69, 9.17) is 9.05 Å². The minimum absolute atomic E-state index is 0.155. The van der Waals surface area contributed by atoms with Crippen molar-refractivity contribution in [2.75, 3.05) is 6.54 Å². The van der Waals surface area contributed by atoms with E-state index in [1.807, 2.05) is 36.4 Å². The summed E-state index contributed by atoms with van der Waals surface area (Å²) in [6.45, 7) is 1.00. The third kappa shape index (κ3) is 3.37. The molecule has 0 bridgehead atoms. The highest BCUT2D eigenvalue weighted by atomic mass is 16.5. The summed E-state index contributed by atoms with van der Waals surface area (Å²) in [5, 5.41) is 11.0. The molecule has 8 heteroatoms. The van der Waals surface area contributed by atoms with Crippen LogP contribution in [0.1, 0.15) is 55.0 Å². The van der Waals surface area contributed by atoms with Gasteiger partial charge in [-0.2, -0.15) is 4.98 Å². The van der Waals surface area contributed by atoms with E-state index < -0.39 is 0 Å². The fraction of sp³-hybridized carbons (Fsp3) is 0.400. The molecule has 8 nitrogen and oxygen atoms in total. The van der Waals surface area contributed by atoms with Gasteiger partial charge in [-0.25, -0.2) is 4.79 Å². The molecule has 1 saturated heterocycles. The quantitative estimate of drug-likeness (QED) is 0.727. The van der Waals surface area contributed by atoms with Gasteiger partial charge in [0.05, 0.1) is 6.54 Å². The van der Waals surface area contributed by atoms with E-state index in [0.717, 1.165) is 42.7 Å². The number of amides is 2. The van der Waals surface area contributed by atoms with Crippen molar-refractivity contribution in [2.24, 2.45) is 0 Å². The van der Waals surface area contributed by atoms with Crippen LogP contribution in [0, 0.1) is 0 Å². The molecule has 1 aliphatic carbocycles. The van der Waals surface area contributed by atoms with E-state index in [0.29, 0.717) is 30.7 Å². The average molecular weight is 379 g/mol. The summed E-state index contributed by atoms with van der Waals surface area (Å²) in [4.78, 5) is 19.0. The maximum atomic E-state index is 12.7. The number of likely N-dealkylation sites (tertiary alicyclic amines) is 1. The van der Waals surface area contributed by atoms with Crippen molar-refractivity contribution < 1.29 is 13.8 Å². The second-order valence-corrected chi connectivity index (χ2v) is 7.33. The molecule has 2 fully saturated rings. The minimum Gasteiger partial charge on any atom is -0.361 e. The molecule has 0 spiro atoms. The van der Waals surface area contributed by atoms with Crippen LogP contribution >= 0.6 is 0 Å². The van der Waals surface area contributed by atoms with Crippen LogP contribution < -0.4 is 5.32 Å². The molecule has 0 radical (unpaired) electrons. The SMILES string of the molecule is O=C(NCc1cc(C2CC2)on1)N1CCC[C@H]1c1nc(-c2ccccc2)no1. The van der Waals surface area contributed by atoms with Gasteiger partial charge in [0, 0.05) is 24.1 Å². The standard InChI is InChI=1S/C20H21N5O3/c26-20(21-12-15-11-17(27-23-15)13-8-9-13)25-10-4-7-16(25)19-22-18(24-28-19)14-5-2-1-3-6-14/h1-3,5-6,11,13,16H,4,7-10,12H2,(H,21,26)/t16-/m0/s1. The van der Waals surface area contributed by atoms with E-state index in [1.54, 1.807) is 4.90 Å². The van der Waals surface area contributed by atoms with Crippen LogP contribution in [0.4, 0.5) is 4.79 Å². The van der Waals surface area contributed by atoms with E-state index in [2.05, 4.69) is 20.6 Å². The van der Waals surface area contributed by atoms with E-state index >= 15 is 0 Å². The fourth-order valence-electron chi connectivity index (χ4n) is 3.58. The van der Waals surface area contributed by atoms with Gasteiger partial charge < -0.3 is 19.3 Å². The number of aromatic nitrogens is 3. The van der Waals surface area contributed by atoms with Gasteiger partial charge in [-0.3, -0.25) is 0 Å².